The Balaban J connectivity index is 2.99. The van der Waals surface area contributed by atoms with Crippen LogP contribution in [0.25, 0.3) is 0 Å². The SMILES string of the molecule is CCCc1cc(N=O)ccc1O. The maximum absolute atomic E-state index is 10.1. The highest BCUT2D eigenvalue weighted by molar-refractivity contribution is 5.46. The van der Waals surface area contributed by atoms with Crippen LogP contribution < -0.4 is 0 Å². The fraction of sp³-hybridized carbons (Fsp3) is 0.333. The normalized spacial score (nSPS) is 9.75. The minimum Gasteiger partial charge on any atom is -0.508 e. The van der Waals surface area contributed by atoms with Gasteiger partial charge in [0.05, 0.1) is 0 Å². The molecule has 3 heteroatoms. The van der Waals surface area contributed by atoms with Crippen LogP contribution in [0.15, 0.2) is 23.4 Å². The van der Waals surface area contributed by atoms with Gasteiger partial charge in [-0.1, -0.05) is 13.3 Å². The molecule has 0 saturated heterocycles. The molecule has 0 bridgehead atoms. The van der Waals surface area contributed by atoms with Crippen molar-refractivity contribution >= 4 is 5.69 Å². The third kappa shape index (κ3) is 1.81. The van der Waals surface area contributed by atoms with Crippen molar-refractivity contribution in [1.29, 1.82) is 0 Å². The zero-order valence-electron chi connectivity index (χ0n) is 6.95. The van der Waals surface area contributed by atoms with Crippen LogP contribution in [0.4, 0.5) is 5.69 Å². The molecule has 1 N–H and O–H groups in total. The van der Waals surface area contributed by atoms with Gasteiger partial charge in [-0.15, -0.1) is 4.91 Å². The third-order valence-corrected chi connectivity index (χ3v) is 1.69. The fourth-order valence-corrected chi connectivity index (χ4v) is 1.10. The zero-order chi connectivity index (χ0) is 8.97. The van der Waals surface area contributed by atoms with Crippen LogP contribution >= 0.6 is 0 Å². The largest absolute Gasteiger partial charge is 0.508 e. The third-order valence-electron chi connectivity index (χ3n) is 1.69. The van der Waals surface area contributed by atoms with Crippen molar-refractivity contribution in [2.75, 3.05) is 0 Å². The van der Waals surface area contributed by atoms with Gasteiger partial charge in [0.1, 0.15) is 11.4 Å². The van der Waals surface area contributed by atoms with E-state index in [1.165, 1.54) is 12.1 Å². The molecule has 1 aromatic carbocycles. The molecule has 1 rings (SSSR count). The Hall–Kier alpha value is -1.38. The molecule has 3 nitrogen and oxygen atoms in total. The van der Waals surface area contributed by atoms with Crippen molar-refractivity contribution in [2.24, 2.45) is 5.18 Å². The average Bonchev–Trinajstić information content (AvgIpc) is 2.09. The highest BCUT2D eigenvalue weighted by Crippen LogP contribution is 2.23. The first-order valence-corrected chi connectivity index (χ1v) is 3.93. The van der Waals surface area contributed by atoms with Gasteiger partial charge in [0, 0.05) is 0 Å². The van der Waals surface area contributed by atoms with Crippen molar-refractivity contribution in [3.05, 3.63) is 28.7 Å². The highest BCUT2D eigenvalue weighted by atomic mass is 16.3. The number of aryl methyl sites for hydroxylation is 1. The predicted molar refractivity (Wildman–Crippen MR) is 47.6 cm³/mol. The van der Waals surface area contributed by atoms with Crippen molar-refractivity contribution in [2.45, 2.75) is 19.8 Å². The lowest BCUT2D eigenvalue weighted by atomic mass is 10.1. The topological polar surface area (TPSA) is 49.7 Å². The zero-order valence-corrected chi connectivity index (χ0v) is 6.95. The number of nitrogens with zero attached hydrogens (tertiary/aromatic N) is 1. The van der Waals surface area contributed by atoms with Crippen LogP contribution in [-0.4, -0.2) is 5.11 Å². The van der Waals surface area contributed by atoms with E-state index in [2.05, 4.69) is 5.18 Å². The van der Waals surface area contributed by atoms with Gasteiger partial charge < -0.3 is 5.11 Å². The summed E-state index contributed by atoms with van der Waals surface area (Å²) in [6.45, 7) is 2.01. The summed E-state index contributed by atoms with van der Waals surface area (Å²) in [5.74, 6) is 0.240. The van der Waals surface area contributed by atoms with Crippen LogP contribution in [0, 0.1) is 4.91 Å². The van der Waals surface area contributed by atoms with Gasteiger partial charge in [0.25, 0.3) is 0 Å². The van der Waals surface area contributed by atoms with Crippen molar-refractivity contribution in [3.8, 4) is 5.75 Å². The number of phenols is 1. The molecule has 0 aliphatic rings. The van der Waals surface area contributed by atoms with E-state index in [4.69, 9.17) is 0 Å². The Kier molecular flexibility index (Phi) is 2.80. The summed E-state index contributed by atoms with van der Waals surface area (Å²) >= 11 is 0. The van der Waals surface area contributed by atoms with Crippen molar-refractivity contribution < 1.29 is 5.11 Å². The lowest BCUT2D eigenvalue weighted by molar-refractivity contribution is 0.467. The molecule has 1 aromatic rings. The lowest BCUT2D eigenvalue weighted by Crippen LogP contribution is -1.83. The Morgan fingerprint density at radius 2 is 2.25 bits per heavy atom. The predicted octanol–water partition coefficient (Wildman–Crippen LogP) is 2.74. The second kappa shape index (κ2) is 3.85. The van der Waals surface area contributed by atoms with Gasteiger partial charge in [-0.2, -0.15) is 0 Å². The standard InChI is InChI=1S/C9H11NO2/c1-2-3-7-6-8(10-12)4-5-9(7)11/h4-6,11H,2-3H2,1H3. The summed E-state index contributed by atoms with van der Waals surface area (Å²) in [7, 11) is 0. The van der Waals surface area contributed by atoms with E-state index in [0.29, 0.717) is 5.69 Å². The molecule has 0 heterocycles. The maximum Gasteiger partial charge on any atom is 0.118 e. The molecule has 0 radical (unpaired) electrons. The van der Waals surface area contributed by atoms with Gasteiger partial charge in [-0.05, 0) is 35.4 Å². The first-order valence-electron chi connectivity index (χ1n) is 3.93. The number of hydrogen-bond acceptors (Lipinski definition) is 3. The smallest absolute Gasteiger partial charge is 0.118 e. The maximum atomic E-state index is 10.1. The lowest BCUT2D eigenvalue weighted by Gasteiger charge is -2.01. The van der Waals surface area contributed by atoms with Crippen molar-refractivity contribution in [3.63, 3.8) is 0 Å². The van der Waals surface area contributed by atoms with Crippen LogP contribution in [-0.2, 0) is 6.42 Å². The summed E-state index contributed by atoms with van der Waals surface area (Å²) < 4.78 is 0. The van der Waals surface area contributed by atoms with Crippen LogP contribution in [0.1, 0.15) is 18.9 Å². The minimum atomic E-state index is 0.240. The molecular formula is C9H11NO2. The number of hydrogen-bond donors (Lipinski definition) is 1. The van der Waals surface area contributed by atoms with Gasteiger partial charge in [0.15, 0.2) is 0 Å². The summed E-state index contributed by atoms with van der Waals surface area (Å²) in [5.41, 5.74) is 1.16. The molecular weight excluding hydrogens is 154 g/mol. The van der Waals surface area contributed by atoms with E-state index in [1.807, 2.05) is 6.92 Å². The van der Waals surface area contributed by atoms with E-state index in [0.717, 1.165) is 18.4 Å². The Bertz CT molecular complexity index is 284. The quantitative estimate of drug-likeness (QED) is 0.700. The molecule has 0 fully saturated rings. The van der Waals surface area contributed by atoms with Crippen molar-refractivity contribution in [1.82, 2.24) is 0 Å². The van der Waals surface area contributed by atoms with Crippen LogP contribution in [0.5, 0.6) is 5.75 Å². The highest BCUT2D eigenvalue weighted by Gasteiger charge is 2.01. The van der Waals surface area contributed by atoms with Gasteiger partial charge >= 0.3 is 0 Å². The Morgan fingerprint density at radius 1 is 1.50 bits per heavy atom. The van der Waals surface area contributed by atoms with Gasteiger partial charge in [0.2, 0.25) is 0 Å². The van der Waals surface area contributed by atoms with E-state index in [9.17, 15) is 10.0 Å². The molecule has 0 aromatic heterocycles. The second-order valence-corrected chi connectivity index (χ2v) is 2.65. The first-order chi connectivity index (χ1) is 5.77. The molecule has 12 heavy (non-hydrogen) atoms. The molecule has 0 amide bonds. The molecule has 0 saturated carbocycles. The van der Waals surface area contributed by atoms with E-state index < -0.39 is 0 Å². The van der Waals surface area contributed by atoms with E-state index >= 15 is 0 Å². The Labute approximate surface area is 71.0 Å². The molecule has 0 unspecified atom stereocenters. The molecule has 0 spiro atoms. The summed E-state index contributed by atoms with van der Waals surface area (Å²) in [6.07, 6.45) is 1.71. The number of phenolic OH excluding ortho intramolecular Hbond substituents is 1. The summed E-state index contributed by atoms with van der Waals surface area (Å²) in [4.78, 5) is 10.1. The summed E-state index contributed by atoms with van der Waals surface area (Å²) in [5, 5.41) is 12.1. The molecule has 64 valence electrons. The van der Waals surface area contributed by atoms with E-state index in [1.54, 1.807) is 6.07 Å². The molecule has 0 aliphatic heterocycles. The summed E-state index contributed by atoms with van der Waals surface area (Å²) in [6, 6.07) is 4.62. The van der Waals surface area contributed by atoms with Gasteiger partial charge in [-0.25, -0.2) is 0 Å². The number of aromatic hydroxyl groups is 1. The van der Waals surface area contributed by atoms with Gasteiger partial charge in [-0.3, -0.25) is 0 Å². The van der Waals surface area contributed by atoms with Crippen LogP contribution in [0.3, 0.4) is 0 Å². The van der Waals surface area contributed by atoms with Crippen LogP contribution in [0.2, 0.25) is 0 Å². The fourth-order valence-electron chi connectivity index (χ4n) is 1.10. The van der Waals surface area contributed by atoms with E-state index in [-0.39, 0.29) is 5.75 Å². The Morgan fingerprint density at radius 3 is 2.83 bits per heavy atom. The molecule has 0 aliphatic carbocycles. The first kappa shape index (κ1) is 8.71. The second-order valence-electron chi connectivity index (χ2n) is 2.65. The number of nitroso groups, excluding NO2 is 1. The molecule has 0 atom stereocenters. The number of rotatable bonds is 3. The average molecular weight is 165 g/mol. The monoisotopic (exact) mass is 165 g/mol. The minimum absolute atomic E-state index is 0.240. The number of benzene rings is 1.